The van der Waals surface area contributed by atoms with Gasteiger partial charge in [0, 0.05) is 16.2 Å². The van der Waals surface area contributed by atoms with Crippen molar-refractivity contribution >= 4 is 77.6 Å². The zero-order valence-electron chi connectivity index (χ0n) is 19.2. The van der Waals surface area contributed by atoms with Crippen LogP contribution in [0.3, 0.4) is 0 Å². The van der Waals surface area contributed by atoms with Crippen LogP contribution in [0, 0.1) is 0 Å². The molecule has 4 heteroatoms. The van der Waals surface area contributed by atoms with Crippen LogP contribution in [-0.2, 0) is 0 Å². The third-order valence-corrected chi connectivity index (χ3v) is 7.57. The van der Waals surface area contributed by atoms with Crippen LogP contribution < -0.4 is 5.46 Å². The minimum absolute atomic E-state index is 0.379. The van der Waals surface area contributed by atoms with Crippen molar-refractivity contribution in [1.82, 2.24) is 0 Å². The molecule has 36 heavy (non-hydrogen) atoms. The Bertz CT molecular complexity index is 2070. The largest absolute Gasteiger partial charge is 0.492 e. The van der Waals surface area contributed by atoms with Crippen LogP contribution in [0.1, 0.15) is 0 Å². The van der Waals surface area contributed by atoms with Crippen LogP contribution in [-0.4, -0.2) is 17.2 Å². The number of fused-ring (bicyclic) bond motifs is 5. The highest BCUT2D eigenvalue weighted by Gasteiger charge is 2.22. The molecule has 0 aliphatic heterocycles. The molecular formula is C32H19BO3. The molecule has 0 aliphatic rings. The maximum Gasteiger partial charge on any atom is 0.492 e. The van der Waals surface area contributed by atoms with Gasteiger partial charge in [-0.2, -0.15) is 0 Å². The van der Waals surface area contributed by atoms with Gasteiger partial charge in [0.15, 0.2) is 0 Å². The van der Waals surface area contributed by atoms with E-state index in [0.29, 0.717) is 11.0 Å². The summed E-state index contributed by atoms with van der Waals surface area (Å²) < 4.78 is 6.29. The summed E-state index contributed by atoms with van der Waals surface area (Å²) in [5, 5.41) is 31.6. The van der Waals surface area contributed by atoms with E-state index in [2.05, 4.69) is 72.8 Å². The summed E-state index contributed by atoms with van der Waals surface area (Å²) in [6, 6.07) is 35.8. The van der Waals surface area contributed by atoms with E-state index in [-0.39, 0.29) is 0 Å². The monoisotopic (exact) mass is 462 g/mol. The first kappa shape index (κ1) is 19.9. The number of hydrogen-bond donors (Lipinski definition) is 2. The second-order valence-electron chi connectivity index (χ2n) is 9.59. The number of rotatable bonds is 2. The molecule has 1 heterocycles. The Morgan fingerprint density at radius 1 is 0.500 bits per heavy atom. The Balaban J connectivity index is 1.40. The fourth-order valence-electron chi connectivity index (χ4n) is 5.94. The third-order valence-electron chi connectivity index (χ3n) is 7.57. The van der Waals surface area contributed by atoms with E-state index in [0.717, 1.165) is 38.3 Å². The molecule has 3 nitrogen and oxygen atoms in total. The summed E-state index contributed by atoms with van der Waals surface area (Å²) in [6.45, 7) is 0. The Morgan fingerprint density at radius 3 is 1.92 bits per heavy atom. The highest BCUT2D eigenvalue weighted by molar-refractivity contribution is 6.62. The van der Waals surface area contributed by atoms with E-state index in [9.17, 15) is 10.0 Å². The molecular weight excluding hydrogens is 443 g/mol. The SMILES string of the molecule is OB(O)c1cc2ccccc2c2c1oc1cc(-c3cc4ccc5cccc6ccc(c3)c4c56)ccc12. The maximum absolute atomic E-state index is 10.1. The summed E-state index contributed by atoms with van der Waals surface area (Å²) in [6.07, 6.45) is 0. The van der Waals surface area contributed by atoms with Gasteiger partial charge < -0.3 is 14.5 Å². The number of hydrogen-bond acceptors (Lipinski definition) is 3. The smallest absolute Gasteiger partial charge is 0.456 e. The Morgan fingerprint density at radius 2 is 1.17 bits per heavy atom. The molecule has 2 N–H and O–H groups in total. The molecule has 168 valence electrons. The fraction of sp³-hybridized carbons (Fsp3) is 0. The average Bonchev–Trinajstić information content (AvgIpc) is 3.30. The lowest BCUT2D eigenvalue weighted by Crippen LogP contribution is -2.30. The van der Waals surface area contributed by atoms with Gasteiger partial charge in [0.2, 0.25) is 0 Å². The molecule has 0 bridgehead atoms. The van der Waals surface area contributed by atoms with Crippen LogP contribution >= 0.6 is 0 Å². The van der Waals surface area contributed by atoms with Crippen LogP contribution in [0.4, 0.5) is 0 Å². The normalized spacial score (nSPS) is 12.2. The standard InChI is InChI=1S/C32H19BO3/c34-33(35)27-16-21-4-1-2-7-25(21)31-26-13-12-20(17-28(26)36-32(27)31)24-14-22-10-8-18-5-3-6-19-9-11-23(15-24)30(22)29(18)19/h1-17,34-35H. The van der Waals surface area contributed by atoms with Crippen molar-refractivity contribution in [2.75, 3.05) is 0 Å². The molecule has 8 rings (SSSR count). The van der Waals surface area contributed by atoms with E-state index < -0.39 is 7.12 Å². The van der Waals surface area contributed by atoms with Gasteiger partial charge in [-0.15, -0.1) is 0 Å². The van der Waals surface area contributed by atoms with E-state index in [1.165, 1.54) is 32.3 Å². The Kier molecular flexibility index (Phi) is 3.91. The lowest BCUT2D eigenvalue weighted by atomic mass is 9.78. The molecule has 7 aromatic carbocycles. The Hall–Kier alpha value is -4.38. The highest BCUT2D eigenvalue weighted by atomic mass is 16.4. The molecule has 1 aromatic heterocycles. The molecule has 0 spiro atoms. The van der Waals surface area contributed by atoms with Crippen molar-refractivity contribution in [3.63, 3.8) is 0 Å². The van der Waals surface area contributed by atoms with Crippen molar-refractivity contribution in [2.24, 2.45) is 0 Å². The lowest BCUT2D eigenvalue weighted by molar-refractivity contribution is 0.425. The zero-order valence-corrected chi connectivity index (χ0v) is 19.2. The van der Waals surface area contributed by atoms with Crippen molar-refractivity contribution in [3.8, 4) is 11.1 Å². The van der Waals surface area contributed by atoms with Gasteiger partial charge in [-0.1, -0.05) is 78.9 Å². The summed E-state index contributed by atoms with van der Waals surface area (Å²) in [7, 11) is -1.61. The first-order valence-corrected chi connectivity index (χ1v) is 12.1. The fourth-order valence-corrected chi connectivity index (χ4v) is 5.94. The van der Waals surface area contributed by atoms with Gasteiger partial charge in [0.05, 0.1) is 0 Å². The molecule has 0 aliphatic carbocycles. The first-order chi connectivity index (χ1) is 17.7. The molecule has 0 saturated carbocycles. The molecule has 0 saturated heterocycles. The second kappa shape index (κ2) is 7.08. The van der Waals surface area contributed by atoms with Crippen molar-refractivity contribution in [2.45, 2.75) is 0 Å². The third kappa shape index (κ3) is 2.65. The number of furan rings is 1. The van der Waals surface area contributed by atoms with Crippen molar-refractivity contribution in [1.29, 1.82) is 0 Å². The van der Waals surface area contributed by atoms with Crippen LogP contribution in [0.15, 0.2) is 108 Å². The van der Waals surface area contributed by atoms with Crippen LogP contribution in [0.25, 0.3) is 76.2 Å². The van der Waals surface area contributed by atoms with Crippen LogP contribution in [0.2, 0.25) is 0 Å². The van der Waals surface area contributed by atoms with Crippen molar-refractivity contribution in [3.05, 3.63) is 103 Å². The lowest BCUT2D eigenvalue weighted by Gasteiger charge is -2.12. The zero-order chi connectivity index (χ0) is 24.0. The number of benzene rings is 7. The predicted octanol–water partition coefficient (Wildman–Crippen LogP) is 6.98. The molecule has 0 radical (unpaired) electrons. The van der Waals surface area contributed by atoms with E-state index >= 15 is 0 Å². The molecule has 8 aromatic rings. The Labute approximate surface area is 206 Å². The summed E-state index contributed by atoms with van der Waals surface area (Å²) >= 11 is 0. The summed E-state index contributed by atoms with van der Waals surface area (Å²) in [5.74, 6) is 0. The minimum atomic E-state index is -1.61. The quantitative estimate of drug-likeness (QED) is 0.215. The highest BCUT2D eigenvalue weighted by Crippen LogP contribution is 2.39. The van der Waals surface area contributed by atoms with Gasteiger partial charge in [-0.25, -0.2) is 0 Å². The topological polar surface area (TPSA) is 53.6 Å². The van der Waals surface area contributed by atoms with Gasteiger partial charge in [0.1, 0.15) is 11.2 Å². The second-order valence-corrected chi connectivity index (χ2v) is 9.59. The van der Waals surface area contributed by atoms with Gasteiger partial charge >= 0.3 is 7.12 Å². The van der Waals surface area contributed by atoms with Gasteiger partial charge in [-0.05, 0) is 78.5 Å². The molecule has 0 atom stereocenters. The molecule has 0 amide bonds. The maximum atomic E-state index is 10.1. The van der Waals surface area contributed by atoms with Crippen molar-refractivity contribution < 1.29 is 14.5 Å². The van der Waals surface area contributed by atoms with Gasteiger partial charge in [0.25, 0.3) is 0 Å². The molecule has 0 unspecified atom stereocenters. The van der Waals surface area contributed by atoms with E-state index in [1.807, 2.05) is 24.3 Å². The molecule has 0 fully saturated rings. The first-order valence-electron chi connectivity index (χ1n) is 12.1. The summed E-state index contributed by atoms with van der Waals surface area (Å²) in [4.78, 5) is 0. The average molecular weight is 462 g/mol. The van der Waals surface area contributed by atoms with E-state index in [4.69, 9.17) is 4.42 Å². The minimum Gasteiger partial charge on any atom is -0.456 e. The van der Waals surface area contributed by atoms with Gasteiger partial charge in [-0.3, -0.25) is 0 Å². The predicted molar refractivity (Wildman–Crippen MR) is 150 cm³/mol. The van der Waals surface area contributed by atoms with Crippen LogP contribution in [0.5, 0.6) is 0 Å². The van der Waals surface area contributed by atoms with E-state index in [1.54, 1.807) is 6.07 Å². The summed E-state index contributed by atoms with van der Waals surface area (Å²) in [5.41, 5.74) is 3.81.